The van der Waals surface area contributed by atoms with Crippen LogP contribution in [-0.4, -0.2) is 61.1 Å². The number of halogens is 1. The quantitative estimate of drug-likeness (QED) is 0.270. The van der Waals surface area contributed by atoms with Crippen LogP contribution in [0.15, 0.2) is 53.6 Å². The van der Waals surface area contributed by atoms with Gasteiger partial charge in [0.25, 0.3) is 5.91 Å². The molecule has 0 bridgehead atoms. The highest BCUT2D eigenvalue weighted by atomic mass is 32.2. The number of ether oxygens (including phenoxy) is 1. The molecule has 0 aliphatic carbocycles. The summed E-state index contributed by atoms with van der Waals surface area (Å²) in [6, 6.07) is 10.7. The van der Waals surface area contributed by atoms with Gasteiger partial charge in [-0.05, 0) is 55.8 Å². The molecule has 12 nitrogen and oxygen atoms in total. The van der Waals surface area contributed by atoms with Gasteiger partial charge in [-0.1, -0.05) is 23.9 Å². The molecule has 218 valence electrons. The van der Waals surface area contributed by atoms with Crippen molar-refractivity contribution in [1.82, 2.24) is 10.7 Å². The maximum atomic E-state index is 14.8. The second-order valence-electron chi connectivity index (χ2n) is 8.54. The molecule has 1 fully saturated rings. The number of amides is 3. The molecule has 41 heavy (non-hydrogen) atoms. The van der Waals surface area contributed by atoms with Gasteiger partial charge in [0.1, 0.15) is 22.7 Å². The molecule has 4 rings (SSSR count). The molecule has 1 saturated heterocycles. The Morgan fingerprint density at radius 2 is 1.95 bits per heavy atom. The van der Waals surface area contributed by atoms with E-state index >= 15 is 0 Å². The Bertz CT molecular complexity index is 1390. The summed E-state index contributed by atoms with van der Waals surface area (Å²) in [6.45, 7) is 3.85. The smallest absolute Gasteiger partial charge is 0.442 e. The zero-order valence-corrected chi connectivity index (χ0v) is 23.9. The van der Waals surface area contributed by atoms with E-state index in [9.17, 15) is 23.3 Å². The van der Waals surface area contributed by atoms with Gasteiger partial charge in [-0.2, -0.15) is 5.10 Å². The number of rotatable bonds is 12. The van der Waals surface area contributed by atoms with Gasteiger partial charge in [-0.25, -0.2) is 19.2 Å². The van der Waals surface area contributed by atoms with Gasteiger partial charge >= 0.3 is 13.9 Å². The van der Waals surface area contributed by atoms with E-state index < -0.39 is 31.7 Å². The van der Waals surface area contributed by atoms with Crippen LogP contribution < -0.4 is 20.2 Å². The SMILES string of the molecule is CCOP(=O)(OCC)Oc1ccc(/C=C/C(=O)NC[C@H]2CN(c3ccc(C4=NNC(=O)CS4)c(F)c3)C(=O)O2)cc1. The minimum absolute atomic E-state index is 0.0516. The van der Waals surface area contributed by atoms with Crippen molar-refractivity contribution < 1.29 is 41.6 Å². The number of hydrogen-bond donors (Lipinski definition) is 2. The Morgan fingerprint density at radius 3 is 2.59 bits per heavy atom. The third-order valence-electron chi connectivity index (χ3n) is 5.59. The first-order valence-corrected chi connectivity index (χ1v) is 15.1. The molecule has 15 heteroatoms. The molecule has 2 aromatic carbocycles. The van der Waals surface area contributed by atoms with Gasteiger partial charge in [-0.3, -0.25) is 23.5 Å². The summed E-state index contributed by atoms with van der Waals surface area (Å²) in [4.78, 5) is 37.3. The maximum Gasteiger partial charge on any atom is 0.530 e. The number of hydrazone groups is 1. The predicted molar refractivity (Wildman–Crippen MR) is 151 cm³/mol. The van der Waals surface area contributed by atoms with Crippen molar-refractivity contribution in [2.45, 2.75) is 20.0 Å². The Hall–Kier alpha value is -3.71. The third-order valence-corrected chi connectivity index (χ3v) is 8.17. The topological polar surface area (TPSA) is 145 Å². The fraction of sp³-hybridized carbons (Fsp3) is 0.308. The summed E-state index contributed by atoms with van der Waals surface area (Å²) in [5, 5.41) is 6.88. The number of thioether (sulfide) groups is 1. The minimum Gasteiger partial charge on any atom is -0.442 e. The number of benzene rings is 2. The fourth-order valence-corrected chi connectivity index (χ4v) is 5.71. The van der Waals surface area contributed by atoms with Crippen LogP contribution in [0.4, 0.5) is 14.9 Å². The van der Waals surface area contributed by atoms with Crippen molar-refractivity contribution in [3.8, 4) is 5.75 Å². The van der Waals surface area contributed by atoms with Crippen molar-refractivity contribution in [1.29, 1.82) is 0 Å². The molecule has 1 atom stereocenters. The van der Waals surface area contributed by atoms with E-state index in [-0.39, 0.29) is 49.3 Å². The Labute approximate surface area is 239 Å². The van der Waals surface area contributed by atoms with Crippen LogP contribution in [-0.2, 0) is 27.9 Å². The number of hydrogen-bond acceptors (Lipinski definition) is 10. The molecule has 0 unspecified atom stereocenters. The molecule has 2 aliphatic rings. The second kappa shape index (κ2) is 13.8. The van der Waals surface area contributed by atoms with E-state index in [1.165, 1.54) is 23.1 Å². The highest BCUT2D eigenvalue weighted by molar-refractivity contribution is 8.15. The maximum absolute atomic E-state index is 14.8. The Balaban J connectivity index is 1.27. The van der Waals surface area contributed by atoms with Crippen molar-refractivity contribution in [3.05, 3.63) is 65.5 Å². The van der Waals surface area contributed by atoms with E-state index in [4.69, 9.17) is 18.3 Å². The monoisotopic (exact) mass is 606 g/mol. The van der Waals surface area contributed by atoms with Gasteiger partial charge in [0, 0.05) is 11.6 Å². The minimum atomic E-state index is -3.71. The number of cyclic esters (lactones) is 1. The Morgan fingerprint density at radius 1 is 1.22 bits per heavy atom. The zero-order chi connectivity index (χ0) is 29.4. The average molecular weight is 607 g/mol. The molecule has 2 aliphatic heterocycles. The summed E-state index contributed by atoms with van der Waals surface area (Å²) < 4.78 is 48.1. The number of anilines is 1. The van der Waals surface area contributed by atoms with Crippen LogP contribution >= 0.6 is 19.6 Å². The number of carbonyl (C=O) groups is 3. The lowest BCUT2D eigenvalue weighted by molar-refractivity contribution is -0.118. The van der Waals surface area contributed by atoms with Gasteiger partial charge in [0.2, 0.25) is 5.91 Å². The number of nitrogens with zero attached hydrogens (tertiary/aromatic N) is 2. The molecule has 0 spiro atoms. The molecular formula is C26H28FN4O8PS. The zero-order valence-electron chi connectivity index (χ0n) is 22.2. The normalized spacial score (nSPS) is 17.3. The highest BCUT2D eigenvalue weighted by Crippen LogP contribution is 2.49. The lowest BCUT2D eigenvalue weighted by Gasteiger charge is -2.16. The van der Waals surface area contributed by atoms with Crippen LogP contribution in [0.2, 0.25) is 0 Å². The summed E-state index contributed by atoms with van der Waals surface area (Å²) in [5.41, 5.74) is 3.50. The van der Waals surface area contributed by atoms with Crippen LogP contribution in [0, 0.1) is 5.82 Å². The summed E-state index contributed by atoms with van der Waals surface area (Å²) in [6.07, 6.45) is 1.59. The van der Waals surface area contributed by atoms with Gasteiger partial charge in [0.15, 0.2) is 0 Å². The van der Waals surface area contributed by atoms with Crippen molar-refractivity contribution >= 4 is 54.3 Å². The number of phosphoric ester groups is 1. The standard InChI is InChI=1S/C26H28FN4O8PS/c1-3-36-40(35,37-4-2)39-19-9-5-17(6-10-19)7-12-23(32)28-14-20-15-31(26(34)38-20)18-8-11-21(22(27)13-18)25-30-29-24(33)16-41-25/h5-13,20H,3-4,14-16H2,1-2H3,(H,28,32)(H,29,33)/b12-7+/t20-/m0/s1. The first-order chi connectivity index (χ1) is 19.7. The van der Waals surface area contributed by atoms with Gasteiger partial charge < -0.3 is 14.6 Å². The predicted octanol–water partition coefficient (Wildman–Crippen LogP) is 4.07. The van der Waals surface area contributed by atoms with Crippen LogP contribution in [0.3, 0.4) is 0 Å². The van der Waals surface area contributed by atoms with Crippen LogP contribution in [0.25, 0.3) is 6.08 Å². The van der Waals surface area contributed by atoms with E-state index in [0.717, 1.165) is 11.8 Å². The average Bonchev–Trinajstić information content (AvgIpc) is 3.32. The Kier molecular flexibility index (Phi) is 10.2. The highest BCUT2D eigenvalue weighted by Gasteiger charge is 2.33. The summed E-state index contributed by atoms with van der Waals surface area (Å²) >= 11 is 1.12. The molecular weight excluding hydrogens is 578 g/mol. The second-order valence-corrected chi connectivity index (χ2v) is 11.1. The molecule has 0 saturated carbocycles. The van der Waals surface area contributed by atoms with Gasteiger partial charge in [-0.15, -0.1) is 0 Å². The number of phosphoric acid groups is 1. The van der Waals surface area contributed by atoms with Crippen molar-refractivity contribution in [3.63, 3.8) is 0 Å². The first-order valence-electron chi connectivity index (χ1n) is 12.6. The molecule has 2 aromatic rings. The van der Waals surface area contributed by atoms with E-state index in [2.05, 4.69) is 15.8 Å². The molecule has 2 N–H and O–H groups in total. The summed E-state index contributed by atoms with van der Waals surface area (Å²) in [7, 11) is -3.71. The largest absolute Gasteiger partial charge is 0.530 e. The number of nitrogens with one attached hydrogen (secondary N) is 2. The third kappa shape index (κ3) is 8.17. The van der Waals surface area contributed by atoms with Crippen molar-refractivity contribution in [2.24, 2.45) is 5.10 Å². The first kappa shape index (κ1) is 30.3. The van der Waals surface area contributed by atoms with E-state index in [1.807, 2.05) is 0 Å². The molecule has 0 aromatic heterocycles. The van der Waals surface area contributed by atoms with E-state index in [1.54, 1.807) is 50.3 Å². The lowest BCUT2D eigenvalue weighted by atomic mass is 10.2. The van der Waals surface area contributed by atoms with Crippen molar-refractivity contribution in [2.75, 3.05) is 37.0 Å². The van der Waals surface area contributed by atoms with Crippen LogP contribution in [0.5, 0.6) is 5.75 Å². The van der Waals surface area contributed by atoms with Crippen LogP contribution in [0.1, 0.15) is 25.0 Å². The summed E-state index contributed by atoms with van der Waals surface area (Å²) in [5.74, 6) is -0.856. The van der Waals surface area contributed by atoms with Gasteiger partial charge in [0.05, 0.1) is 37.7 Å². The lowest BCUT2D eigenvalue weighted by Crippen LogP contribution is -2.33. The molecule has 3 amide bonds. The fourth-order valence-electron chi connectivity index (χ4n) is 3.75. The number of carbonyl (C=O) groups excluding carboxylic acids is 3. The molecule has 0 radical (unpaired) electrons. The molecule has 2 heterocycles. The van der Waals surface area contributed by atoms with E-state index in [0.29, 0.717) is 16.3 Å².